The Morgan fingerprint density at radius 3 is 2.25 bits per heavy atom. The van der Waals surface area contributed by atoms with Crippen LogP contribution in [-0.4, -0.2) is 25.3 Å². The van der Waals surface area contributed by atoms with Crippen molar-refractivity contribution in [3.8, 4) is 11.5 Å². The molecule has 3 aromatic carbocycles. The fourth-order valence-corrected chi connectivity index (χ4v) is 3.83. The molecule has 4 heteroatoms. The van der Waals surface area contributed by atoms with Gasteiger partial charge in [-0.15, -0.1) is 0 Å². The molecule has 0 aliphatic carbocycles. The Labute approximate surface area is 165 Å². The van der Waals surface area contributed by atoms with Crippen molar-refractivity contribution in [1.82, 2.24) is 0 Å². The minimum Gasteiger partial charge on any atom is -0.493 e. The normalized spacial score (nSPS) is 10.9. The van der Waals surface area contributed by atoms with Crippen LogP contribution in [0, 0.1) is 6.92 Å². The van der Waals surface area contributed by atoms with E-state index in [2.05, 4.69) is 32.0 Å². The summed E-state index contributed by atoms with van der Waals surface area (Å²) in [4.78, 5) is 12.2. The maximum Gasteiger partial charge on any atom is 0.340 e. The predicted octanol–water partition coefficient (Wildman–Crippen LogP) is 5.41. The van der Waals surface area contributed by atoms with Crippen molar-refractivity contribution in [2.75, 3.05) is 14.2 Å². The van der Waals surface area contributed by atoms with Crippen molar-refractivity contribution in [2.24, 2.45) is 0 Å². The van der Waals surface area contributed by atoms with Gasteiger partial charge in [0.15, 0.2) is 11.5 Å². The summed E-state index contributed by atoms with van der Waals surface area (Å²) in [5.41, 5.74) is 4.59. The van der Waals surface area contributed by atoms with Crippen LogP contribution >= 0.6 is 0 Å². The molecule has 3 aromatic rings. The molecule has 1 N–H and O–H groups in total. The van der Waals surface area contributed by atoms with Crippen LogP contribution in [0.1, 0.15) is 46.0 Å². The van der Waals surface area contributed by atoms with E-state index in [0.717, 1.165) is 41.3 Å². The molecule has 0 aliphatic heterocycles. The standard InChI is InChI=1S/C24H26O4/c1-5-9-18-19-12-15(2)17(13-16-10-7-6-8-11-16)14-20(19)21(24(25)26)23(28-4)22(18)27-3/h6-8,10-12,14H,5,9,13H2,1-4H3,(H,25,26). The van der Waals surface area contributed by atoms with Gasteiger partial charge in [0.25, 0.3) is 0 Å². The third kappa shape index (κ3) is 3.55. The van der Waals surface area contributed by atoms with Crippen LogP contribution in [0.2, 0.25) is 0 Å². The molecule has 0 spiro atoms. The fraction of sp³-hybridized carbons (Fsp3) is 0.292. The largest absolute Gasteiger partial charge is 0.493 e. The Morgan fingerprint density at radius 1 is 1.00 bits per heavy atom. The number of ether oxygens (including phenoxy) is 2. The smallest absolute Gasteiger partial charge is 0.340 e. The molecule has 0 amide bonds. The molecule has 0 aliphatic rings. The number of carboxylic acids is 1. The van der Waals surface area contributed by atoms with Crippen LogP contribution in [0.25, 0.3) is 10.8 Å². The number of benzene rings is 3. The monoisotopic (exact) mass is 378 g/mol. The lowest BCUT2D eigenvalue weighted by Crippen LogP contribution is -2.08. The number of hydrogen-bond acceptors (Lipinski definition) is 3. The summed E-state index contributed by atoms with van der Waals surface area (Å²) in [6.45, 7) is 4.17. The minimum absolute atomic E-state index is 0.156. The first-order valence-electron chi connectivity index (χ1n) is 9.49. The van der Waals surface area contributed by atoms with Gasteiger partial charge in [-0.1, -0.05) is 49.7 Å². The molecule has 0 saturated heterocycles. The average molecular weight is 378 g/mol. The lowest BCUT2D eigenvalue weighted by atomic mass is 9.89. The maximum absolute atomic E-state index is 12.2. The number of aryl methyl sites for hydroxylation is 2. The van der Waals surface area contributed by atoms with Crippen molar-refractivity contribution in [1.29, 1.82) is 0 Å². The molecule has 0 radical (unpaired) electrons. The van der Waals surface area contributed by atoms with E-state index in [-0.39, 0.29) is 5.56 Å². The molecule has 0 aromatic heterocycles. The Kier molecular flexibility index (Phi) is 5.88. The first kappa shape index (κ1) is 19.7. The van der Waals surface area contributed by atoms with E-state index in [9.17, 15) is 9.90 Å². The quantitative estimate of drug-likeness (QED) is 0.597. The highest BCUT2D eigenvalue weighted by Crippen LogP contribution is 2.43. The third-order valence-corrected chi connectivity index (χ3v) is 5.14. The van der Waals surface area contributed by atoms with Gasteiger partial charge in [-0.2, -0.15) is 0 Å². The van der Waals surface area contributed by atoms with Gasteiger partial charge in [0.1, 0.15) is 5.56 Å². The second-order valence-electron chi connectivity index (χ2n) is 6.96. The summed E-state index contributed by atoms with van der Waals surface area (Å²) in [7, 11) is 3.05. The molecule has 0 fully saturated rings. The summed E-state index contributed by atoms with van der Waals surface area (Å²) < 4.78 is 11.1. The van der Waals surface area contributed by atoms with Crippen molar-refractivity contribution >= 4 is 16.7 Å². The number of hydrogen-bond donors (Lipinski definition) is 1. The van der Waals surface area contributed by atoms with Crippen molar-refractivity contribution < 1.29 is 19.4 Å². The Bertz CT molecular complexity index is 1010. The Balaban J connectivity index is 2.34. The topological polar surface area (TPSA) is 55.8 Å². The van der Waals surface area contributed by atoms with Gasteiger partial charge in [-0.05, 0) is 47.9 Å². The molecule has 0 heterocycles. The SMILES string of the molecule is CCCc1c(OC)c(OC)c(C(=O)O)c2cc(Cc3ccccc3)c(C)cc12. The summed E-state index contributed by atoms with van der Waals surface area (Å²) in [6.07, 6.45) is 2.46. The van der Waals surface area contributed by atoms with Crippen molar-refractivity contribution in [3.63, 3.8) is 0 Å². The van der Waals surface area contributed by atoms with E-state index < -0.39 is 5.97 Å². The van der Waals surface area contributed by atoms with E-state index in [4.69, 9.17) is 9.47 Å². The number of fused-ring (bicyclic) bond motifs is 1. The van der Waals surface area contributed by atoms with Crippen LogP contribution in [0.15, 0.2) is 42.5 Å². The summed E-state index contributed by atoms with van der Waals surface area (Å²) >= 11 is 0. The number of carboxylic acid groups (broad SMARTS) is 1. The predicted molar refractivity (Wildman–Crippen MR) is 112 cm³/mol. The van der Waals surface area contributed by atoms with Gasteiger partial charge in [-0.3, -0.25) is 0 Å². The van der Waals surface area contributed by atoms with Crippen LogP contribution in [0.4, 0.5) is 0 Å². The van der Waals surface area contributed by atoms with Gasteiger partial charge < -0.3 is 14.6 Å². The van der Waals surface area contributed by atoms with E-state index in [0.29, 0.717) is 16.9 Å². The highest BCUT2D eigenvalue weighted by Gasteiger charge is 2.25. The van der Waals surface area contributed by atoms with E-state index in [1.54, 1.807) is 7.11 Å². The molecular formula is C24H26O4. The third-order valence-electron chi connectivity index (χ3n) is 5.14. The Morgan fingerprint density at radius 2 is 1.68 bits per heavy atom. The molecule has 0 saturated carbocycles. The van der Waals surface area contributed by atoms with Gasteiger partial charge in [0.2, 0.25) is 0 Å². The lowest BCUT2D eigenvalue weighted by molar-refractivity contribution is 0.0695. The van der Waals surface area contributed by atoms with Crippen LogP contribution < -0.4 is 9.47 Å². The summed E-state index contributed by atoms with van der Waals surface area (Å²) in [5.74, 6) is -0.206. The van der Waals surface area contributed by atoms with Crippen LogP contribution in [0.3, 0.4) is 0 Å². The molecule has 0 unspecified atom stereocenters. The molecule has 4 nitrogen and oxygen atoms in total. The highest BCUT2D eigenvalue weighted by atomic mass is 16.5. The van der Waals surface area contributed by atoms with E-state index in [1.807, 2.05) is 24.3 Å². The summed E-state index contributed by atoms with van der Waals surface area (Å²) in [6, 6.07) is 14.3. The zero-order chi connectivity index (χ0) is 20.3. The molecular weight excluding hydrogens is 352 g/mol. The first-order chi connectivity index (χ1) is 13.5. The Hall–Kier alpha value is -3.01. The van der Waals surface area contributed by atoms with Gasteiger partial charge in [0, 0.05) is 10.9 Å². The molecule has 0 atom stereocenters. The molecule has 146 valence electrons. The van der Waals surface area contributed by atoms with Gasteiger partial charge in [0.05, 0.1) is 14.2 Å². The zero-order valence-electron chi connectivity index (χ0n) is 16.8. The summed E-state index contributed by atoms with van der Waals surface area (Å²) in [5, 5.41) is 11.6. The highest BCUT2D eigenvalue weighted by molar-refractivity contribution is 6.09. The molecule has 3 rings (SSSR count). The number of aromatic carboxylic acids is 1. The maximum atomic E-state index is 12.2. The van der Waals surface area contributed by atoms with Crippen LogP contribution in [-0.2, 0) is 12.8 Å². The van der Waals surface area contributed by atoms with Crippen molar-refractivity contribution in [3.05, 3.63) is 70.3 Å². The van der Waals surface area contributed by atoms with Crippen molar-refractivity contribution in [2.45, 2.75) is 33.1 Å². The number of methoxy groups -OCH3 is 2. The second kappa shape index (κ2) is 8.34. The van der Waals surface area contributed by atoms with E-state index in [1.165, 1.54) is 12.7 Å². The second-order valence-corrected chi connectivity index (χ2v) is 6.96. The van der Waals surface area contributed by atoms with E-state index >= 15 is 0 Å². The zero-order valence-corrected chi connectivity index (χ0v) is 16.8. The average Bonchev–Trinajstić information content (AvgIpc) is 2.69. The lowest BCUT2D eigenvalue weighted by Gasteiger charge is -2.20. The minimum atomic E-state index is -1.02. The van der Waals surface area contributed by atoms with Gasteiger partial charge in [-0.25, -0.2) is 4.79 Å². The fourth-order valence-electron chi connectivity index (χ4n) is 3.83. The molecule has 28 heavy (non-hydrogen) atoms. The first-order valence-corrected chi connectivity index (χ1v) is 9.49. The van der Waals surface area contributed by atoms with Gasteiger partial charge >= 0.3 is 5.97 Å². The number of carbonyl (C=O) groups is 1. The molecule has 0 bridgehead atoms. The number of rotatable bonds is 7. The van der Waals surface area contributed by atoms with Crippen LogP contribution in [0.5, 0.6) is 11.5 Å².